The van der Waals surface area contributed by atoms with Gasteiger partial charge in [-0.25, -0.2) is 0 Å². The molecule has 0 saturated heterocycles. The standard InChI is InChI=1S/C20H23BrN2O2/c1-4-25-19-8-6-15(11-18(19)21)20(24)22-16-7-5-14-9-10-23(3)13(2)17(14)12-16/h5-8,11-13H,4,9-10H2,1-3H3,(H,22,24). The number of anilines is 1. The molecule has 2 aromatic rings. The van der Waals surface area contributed by atoms with E-state index in [0.717, 1.165) is 28.9 Å². The van der Waals surface area contributed by atoms with Crippen LogP contribution in [0.25, 0.3) is 0 Å². The van der Waals surface area contributed by atoms with Crippen LogP contribution in [0.15, 0.2) is 40.9 Å². The zero-order valence-corrected chi connectivity index (χ0v) is 16.4. The molecule has 0 spiro atoms. The molecule has 1 heterocycles. The first-order valence-corrected chi connectivity index (χ1v) is 9.35. The molecular weight excluding hydrogens is 380 g/mol. The molecule has 5 heteroatoms. The molecule has 1 aliphatic rings. The zero-order valence-electron chi connectivity index (χ0n) is 14.8. The van der Waals surface area contributed by atoms with E-state index in [1.54, 1.807) is 12.1 Å². The number of nitrogens with zero attached hydrogens (tertiary/aromatic N) is 1. The lowest BCUT2D eigenvalue weighted by atomic mass is 9.93. The summed E-state index contributed by atoms with van der Waals surface area (Å²) in [5.74, 6) is 0.616. The summed E-state index contributed by atoms with van der Waals surface area (Å²) >= 11 is 3.46. The first-order valence-electron chi connectivity index (χ1n) is 8.56. The second-order valence-electron chi connectivity index (χ2n) is 6.35. The van der Waals surface area contributed by atoms with Gasteiger partial charge >= 0.3 is 0 Å². The Morgan fingerprint density at radius 3 is 2.84 bits per heavy atom. The van der Waals surface area contributed by atoms with E-state index in [2.05, 4.69) is 52.3 Å². The van der Waals surface area contributed by atoms with Crippen LogP contribution in [0, 0.1) is 0 Å². The fourth-order valence-corrected chi connectivity index (χ4v) is 3.63. The predicted molar refractivity (Wildman–Crippen MR) is 104 cm³/mol. The third kappa shape index (κ3) is 3.88. The van der Waals surface area contributed by atoms with Crippen molar-refractivity contribution in [1.29, 1.82) is 0 Å². The van der Waals surface area contributed by atoms with Crippen molar-refractivity contribution in [2.45, 2.75) is 26.3 Å². The van der Waals surface area contributed by atoms with Crippen molar-refractivity contribution in [1.82, 2.24) is 4.90 Å². The molecule has 2 aromatic carbocycles. The Kier molecular flexibility index (Phi) is 5.45. The van der Waals surface area contributed by atoms with E-state index in [0.29, 0.717) is 18.2 Å². The molecule has 0 aliphatic carbocycles. The lowest BCUT2D eigenvalue weighted by molar-refractivity contribution is 0.102. The average molecular weight is 403 g/mol. The van der Waals surface area contributed by atoms with E-state index in [1.165, 1.54) is 11.1 Å². The van der Waals surface area contributed by atoms with Crippen LogP contribution in [0.3, 0.4) is 0 Å². The Labute approximate surface area is 157 Å². The minimum Gasteiger partial charge on any atom is -0.493 e. The van der Waals surface area contributed by atoms with Crippen LogP contribution in [0.5, 0.6) is 5.75 Å². The molecule has 0 bridgehead atoms. The van der Waals surface area contributed by atoms with Crippen molar-refractivity contribution in [3.63, 3.8) is 0 Å². The molecule has 4 nitrogen and oxygen atoms in total. The maximum atomic E-state index is 12.6. The summed E-state index contributed by atoms with van der Waals surface area (Å²) in [6.45, 7) is 5.79. The van der Waals surface area contributed by atoms with Gasteiger partial charge in [-0.15, -0.1) is 0 Å². The van der Waals surface area contributed by atoms with Crippen molar-refractivity contribution in [3.05, 3.63) is 57.6 Å². The van der Waals surface area contributed by atoms with Crippen molar-refractivity contribution in [3.8, 4) is 5.75 Å². The van der Waals surface area contributed by atoms with Crippen LogP contribution < -0.4 is 10.1 Å². The van der Waals surface area contributed by atoms with Gasteiger partial charge in [0.2, 0.25) is 0 Å². The molecule has 1 aliphatic heterocycles. The second kappa shape index (κ2) is 7.58. The molecule has 1 atom stereocenters. The number of fused-ring (bicyclic) bond motifs is 1. The normalized spacial score (nSPS) is 17.0. The maximum absolute atomic E-state index is 12.6. The van der Waals surface area contributed by atoms with Crippen molar-refractivity contribution in [2.24, 2.45) is 0 Å². The molecule has 0 saturated carbocycles. The minimum atomic E-state index is -0.125. The summed E-state index contributed by atoms with van der Waals surface area (Å²) in [6.07, 6.45) is 1.05. The summed E-state index contributed by atoms with van der Waals surface area (Å²) in [4.78, 5) is 14.9. The fraction of sp³-hybridized carbons (Fsp3) is 0.350. The van der Waals surface area contributed by atoms with Crippen molar-refractivity contribution >= 4 is 27.5 Å². The summed E-state index contributed by atoms with van der Waals surface area (Å²) in [5.41, 5.74) is 4.08. The molecule has 1 amide bonds. The Balaban J connectivity index is 1.78. The first-order chi connectivity index (χ1) is 12.0. The zero-order chi connectivity index (χ0) is 18.0. The van der Waals surface area contributed by atoms with Gasteiger partial charge in [0.1, 0.15) is 5.75 Å². The molecular formula is C20H23BrN2O2. The molecule has 0 radical (unpaired) electrons. The number of ether oxygens (including phenoxy) is 1. The minimum absolute atomic E-state index is 0.125. The highest BCUT2D eigenvalue weighted by molar-refractivity contribution is 9.10. The lowest BCUT2D eigenvalue weighted by Gasteiger charge is -2.32. The molecule has 1 unspecified atom stereocenters. The van der Waals surface area contributed by atoms with E-state index in [-0.39, 0.29) is 5.91 Å². The molecule has 0 fully saturated rings. The van der Waals surface area contributed by atoms with Gasteiger partial charge in [0.15, 0.2) is 0 Å². The van der Waals surface area contributed by atoms with E-state index >= 15 is 0 Å². The highest BCUT2D eigenvalue weighted by atomic mass is 79.9. The third-order valence-electron chi connectivity index (χ3n) is 4.74. The number of amides is 1. The first kappa shape index (κ1) is 18.0. The van der Waals surface area contributed by atoms with Crippen molar-refractivity contribution < 1.29 is 9.53 Å². The fourth-order valence-electron chi connectivity index (χ4n) is 3.14. The number of likely N-dealkylation sites (N-methyl/N-ethyl adjacent to an activating group) is 1. The van der Waals surface area contributed by atoms with Gasteiger partial charge in [0.05, 0.1) is 11.1 Å². The smallest absolute Gasteiger partial charge is 0.255 e. The topological polar surface area (TPSA) is 41.6 Å². The monoisotopic (exact) mass is 402 g/mol. The van der Waals surface area contributed by atoms with E-state index in [4.69, 9.17) is 4.74 Å². The number of hydrogen-bond donors (Lipinski definition) is 1. The Morgan fingerprint density at radius 2 is 2.12 bits per heavy atom. The summed E-state index contributed by atoms with van der Waals surface area (Å²) in [5, 5.41) is 3.00. The van der Waals surface area contributed by atoms with Crippen LogP contribution in [0.2, 0.25) is 0 Å². The highest BCUT2D eigenvalue weighted by Gasteiger charge is 2.21. The van der Waals surface area contributed by atoms with Crippen LogP contribution in [-0.2, 0) is 6.42 Å². The average Bonchev–Trinajstić information content (AvgIpc) is 2.60. The molecule has 25 heavy (non-hydrogen) atoms. The van der Waals surface area contributed by atoms with E-state index in [1.807, 2.05) is 19.1 Å². The van der Waals surface area contributed by atoms with Crippen LogP contribution in [0.4, 0.5) is 5.69 Å². The number of nitrogens with one attached hydrogen (secondary N) is 1. The van der Waals surface area contributed by atoms with Gasteiger partial charge in [0.25, 0.3) is 5.91 Å². The van der Waals surface area contributed by atoms with Crippen LogP contribution in [0.1, 0.15) is 41.4 Å². The Morgan fingerprint density at radius 1 is 1.32 bits per heavy atom. The number of halogens is 1. The third-order valence-corrected chi connectivity index (χ3v) is 5.36. The second-order valence-corrected chi connectivity index (χ2v) is 7.21. The Bertz CT molecular complexity index is 791. The van der Waals surface area contributed by atoms with E-state index in [9.17, 15) is 4.79 Å². The number of benzene rings is 2. The molecule has 0 aromatic heterocycles. The predicted octanol–water partition coefficient (Wildman–Crippen LogP) is 4.65. The Hall–Kier alpha value is -1.85. The van der Waals surface area contributed by atoms with E-state index < -0.39 is 0 Å². The highest BCUT2D eigenvalue weighted by Crippen LogP contribution is 2.31. The van der Waals surface area contributed by atoms with Gasteiger partial charge in [-0.2, -0.15) is 0 Å². The summed E-state index contributed by atoms with van der Waals surface area (Å²) in [6, 6.07) is 11.9. The number of carbonyl (C=O) groups is 1. The number of hydrogen-bond acceptors (Lipinski definition) is 3. The SMILES string of the molecule is CCOc1ccc(C(=O)Nc2ccc3c(c2)C(C)N(C)CC3)cc1Br. The summed E-state index contributed by atoms with van der Waals surface area (Å²) < 4.78 is 6.27. The quantitative estimate of drug-likeness (QED) is 0.808. The molecule has 132 valence electrons. The number of rotatable bonds is 4. The number of carbonyl (C=O) groups excluding carboxylic acids is 1. The summed E-state index contributed by atoms with van der Waals surface area (Å²) in [7, 11) is 2.14. The van der Waals surface area contributed by atoms with Gasteiger partial charge in [-0.3, -0.25) is 9.69 Å². The van der Waals surface area contributed by atoms with Gasteiger partial charge in [-0.1, -0.05) is 6.07 Å². The van der Waals surface area contributed by atoms with Crippen LogP contribution >= 0.6 is 15.9 Å². The van der Waals surface area contributed by atoms with Gasteiger partial charge in [0, 0.05) is 23.8 Å². The van der Waals surface area contributed by atoms with Crippen LogP contribution in [-0.4, -0.2) is 31.0 Å². The van der Waals surface area contributed by atoms with Gasteiger partial charge < -0.3 is 10.1 Å². The maximum Gasteiger partial charge on any atom is 0.255 e. The molecule has 1 N–H and O–H groups in total. The van der Waals surface area contributed by atoms with Gasteiger partial charge in [-0.05, 0) is 84.7 Å². The van der Waals surface area contributed by atoms with Crippen molar-refractivity contribution in [2.75, 3.05) is 25.5 Å². The largest absolute Gasteiger partial charge is 0.493 e. The lowest BCUT2D eigenvalue weighted by Crippen LogP contribution is -2.30. The molecule has 3 rings (SSSR count).